The van der Waals surface area contributed by atoms with E-state index in [0.29, 0.717) is 11.6 Å². The highest BCUT2D eigenvalue weighted by atomic mass is 19.1. The summed E-state index contributed by atoms with van der Waals surface area (Å²) in [5.74, 6) is 0.186. The summed E-state index contributed by atoms with van der Waals surface area (Å²) < 4.78 is 13.0. The summed E-state index contributed by atoms with van der Waals surface area (Å²) in [6.45, 7) is 1.47. The van der Waals surface area contributed by atoms with Gasteiger partial charge in [0.15, 0.2) is 0 Å². The van der Waals surface area contributed by atoms with Crippen molar-refractivity contribution in [3.63, 3.8) is 0 Å². The van der Waals surface area contributed by atoms with E-state index in [2.05, 4.69) is 4.98 Å². The van der Waals surface area contributed by atoms with Gasteiger partial charge >= 0.3 is 0 Å². The lowest BCUT2D eigenvalue weighted by molar-refractivity contribution is 0.0781. The molecule has 1 aliphatic rings. The molecule has 1 saturated heterocycles. The van der Waals surface area contributed by atoms with Crippen LogP contribution in [0, 0.1) is 11.7 Å². The Balaban J connectivity index is 1.63. The van der Waals surface area contributed by atoms with E-state index in [1.807, 2.05) is 48.2 Å². The van der Waals surface area contributed by atoms with Crippen LogP contribution in [0.15, 0.2) is 42.6 Å². The lowest BCUT2D eigenvalue weighted by Gasteiger charge is -2.18. The number of amides is 1. The third-order valence-corrected chi connectivity index (χ3v) is 4.49. The number of halogens is 1. The number of likely N-dealkylation sites (tertiary alicyclic amines) is 1. The van der Waals surface area contributed by atoms with E-state index in [1.54, 1.807) is 6.20 Å². The Morgan fingerprint density at radius 1 is 1.29 bits per heavy atom. The number of carbonyl (C=O) groups is 1. The lowest BCUT2D eigenvalue weighted by atomic mass is 9.99. The minimum atomic E-state index is -0.214. The molecular formula is C19H22FN3O. The number of rotatable bonds is 4. The smallest absolute Gasteiger partial charge is 0.272 e. The standard InChI is InChI=1S/C19H22FN3O/c1-22(2)17-7-9-21-18(12-17)19(24)23-10-8-15(13-23)11-14-3-5-16(20)6-4-14/h3-7,9,12,15H,8,10-11,13H2,1-2H3/t15-/m0/s1. The topological polar surface area (TPSA) is 36.4 Å². The van der Waals surface area contributed by atoms with Crippen LogP contribution in [-0.2, 0) is 6.42 Å². The molecule has 1 atom stereocenters. The Morgan fingerprint density at radius 3 is 2.75 bits per heavy atom. The van der Waals surface area contributed by atoms with E-state index in [1.165, 1.54) is 12.1 Å². The number of pyridine rings is 1. The molecule has 1 aliphatic heterocycles. The van der Waals surface area contributed by atoms with Gasteiger partial charge in [0, 0.05) is 39.1 Å². The van der Waals surface area contributed by atoms with Gasteiger partial charge in [0.2, 0.25) is 0 Å². The maximum absolute atomic E-state index is 13.0. The first-order valence-electron chi connectivity index (χ1n) is 8.20. The summed E-state index contributed by atoms with van der Waals surface area (Å²) >= 11 is 0. The van der Waals surface area contributed by atoms with Crippen LogP contribution >= 0.6 is 0 Å². The third-order valence-electron chi connectivity index (χ3n) is 4.49. The number of benzene rings is 1. The minimum Gasteiger partial charge on any atom is -0.378 e. The van der Waals surface area contributed by atoms with Crippen LogP contribution in [0.2, 0.25) is 0 Å². The van der Waals surface area contributed by atoms with Crippen LogP contribution in [0.5, 0.6) is 0 Å². The molecule has 4 nitrogen and oxygen atoms in total. The molecule has 1 amide bonds. The number of hydrogen-bond acceptors (Lipinski definition) is 3. The fraction of sp³-hybridized carbons (Fsp3) is 0.368. The highest BCUT2D eigenvalue weighted by Crippen LogP contribution is 2.23. The molecule has 0 aliphatic carbocycles. The van der Waals surface area contributed by atoms with Gasteiger partial charge in [-0.15, -0.1) is 0 Å². The first-order chi connectivity index (χ1) is 11.5. The summed E-state index contributed by atoms with van der Waals surface area (Å²) in [6, 6.07) is 10.3. The Labute approximate surface area is 141 Å². The van der Waals surface area contributed by atoms with Crippen molar-refractivity contribution < 1.29 is 9.18 Å². The molecule has 0 spiro atoms. The average Bonchev–Trinajstić information content (AvgIpc) is 3.05. The van der Waals surface area contributed by atoms with Crippen LogP contribution in [0.25, 0.3) is 0 Å². The zero-order valence-corrected chi connectivity index (χ0v) is 14.1. The van der Waals surface area contributed by atoms with Gasteiger partial charge in [-0.3, -0.25) is 9.78 Å². The Hall–Kier alpha value is -2.43. The average molecular weight is 327 g/mol. The summed E-state index contributed by atoms with van der Waals surface area (Å²) in [6.07, 6.45) is 3.51. The van der Waals surface area contributed by atoms with Crippen molar-refractivity contribution in [3.05, 3.63) is 59.7 Å². The number of nitrogens with zero attached hydrogens (tertiary/aromatic N) is 3. The van der Waals surface area contributed by atoms with Crippen molar-refractivity contribution in [2.24, 2.45) is 5.92 Å². The number of aromatic nitrogens is 1. The molecule has 5 heteroatoms. The number of anilines is 1. The fourth-order valence-corrected chi connectivity index (χ4v) is 3.11. The maximum Gasteiger partial charge on any atom is 0.272 e. The van der Waals surface area contributed by atoms with Crippen molar-refractivity contribution >= 4 is 11.6 Å². The normalized spacial score (nSPS) is 17.1. The van der Waals surface area contributed by atoms with Gasteiger partial charge in [0.05, 0.1) is 0 Å². The molecule has 24 heavy (non-hydrogen) atoms. The lowest BCUT2D eigenvalue weighted by Crippen LogP contribution is -2.29. The molecule has 2 aromatic rings. The highest BCUT2D eigenvalue weighted by molar-refractivity contribution is 5.93. The van der Waals surface area contributed by atoms with E-state index >= 15 is 0 Å². The van der Waals surface area contributed by atoms with Crippen molar-refractivity contribution in [1.82, 2.24) is 9.88 Å². The van der Waals surface area contributed by atoms with E-state index in [0.717, 1.165) is 37.2 Å². The van der Waals surface area contributed by atoms with Gasteiger partial charge in [-0.25, -0.2) is 4.39 Å². The van der Waals surface area contributed by atoms with Gasteiger partial charge in [-0.1, -0.05) is 12.1 Å². The van der Waals surface area contributed by atoms with Crippen molar-refractivity contribution in [2.75, 3.05) is 32.1 Å². The summed E-state index contributed by atoms with van der Waals surface area (Å²) in [5, 5.41) is 0. The zero-order valence-electron chi connectivity index (χ0n) is 14.1. The van der Waals surface area contributed by atoms with Crippen molar-refractivity contribution in [1.29, 1.82) is 0 Å². The molecule has 0 unspecified atom stereocenters. The Bertz CT molecular complexity index is 715. The molecule has 0 N–H and O–H groups in total. The quantitative estimate of drug-likeness (QED) is 0.866. The van der Waals surface area contributed by atoms with E-state index in [4.69, 9.17) is 0 Å². The molecule has 126 valence electrons. The number of hydrogen-bond donors (Lipinski definition) is 0. The molecule has 0 saturated carbocycles. The zero-order chi connectivity index (χ0) is 17.1. The second kappa shape index (κ2) is 6.99. The first kappa shape index (κ1) is 16.4. The van der Waals surface area contributed by atoms with Gasteiger partial charge in [0.1, 0.15) is 11.5 Å². The Morgan fingerprint density at radius 2 is 2.04 bits per heavy atom. The molecule has 2 heterocycles. The SMILES string of the molecule is CN(C)c1ccnc(C(=O)N2CC[C@@H](Cc3ccc(F)cc3)C2)c1. The van der Waals surface area contributed by atoms with Gasteiger partial charge in [-0.05, 0) is 48.6 Å². The van der Waals surface area contributed by atoms with Crippen LogP contribution in [0.4, 0.5) is 10.1 Å². The van der Waals surface area contributed by atoms with Gasteiger partial charge in [0.25, 0.3) is 5.91 Å². The van der Waals surface area contributed by atoms with Gasteiger partial charge < -0.3 is 9.80 Å². The van der Waals surface area contributed by atoms with E-state index in [9.17, 15) is 9.18 Å². The second-order valence-corrected chi connectivity index (χ2v) is 6.53. The molecule has 0 bridgehead atoms. The monoisotopic (exact) mass is 327 g/mol. The molecule has 1 fully saturated rings. The molecule has 0 radical (unpaired) electrons. The predicted octanol–water partition coefficient (Wildman–Crippen LogP) is 2.99. The van der Waals surface area contributed by atoms with Crippen molar-refractivity contribution in [2.45, 2.75) is 12.8 Å². The van der Waals surface area contributed by atoms with Gasteiger partial charge in [-0.2, -0.15) is 0 Å². The molecular weight excluding hydrogens is 305 g/mol. The fourth-order valence-electron chi connectivity index (χ4n) is 3.11. The first-order valence-corrected chi connectivity index (χ1v) is 8.20. The third kappa shape index (κ3) is 3.72. The highest BCUT2D eigenvalue weighted by Gasteiger charge is 2.27. The Kier molecular flexibility index (Phi) is 4.79. The van der Waals surface area contributed by atoms with Crippen LogP contribution in [-0.4, -0.2) is 43.0 Å². The molecule has 3 rings (SSSR count). The summed E-state index contributed by atoms with van der Waals surface area (Å²) in [5.41, 5.74) is 2.57. The summed E-state index contributed by atoms with van der Waals surface area (Å²) in [4.78, 5) is 20.7. The summed E-state index contributed by atoms with van der Waals surface area (Å²) in [7, 11) is 3.89. The number of carbonyl (C=O) groups excluding carboxylic acids is 1. The maximum atomic E-state index is 13.0. The van der Waals surface area contributed by atoms with Crippen molar-refractivity contribution in [3.8, 4) is 0 Å². The minimum absolute atomic E-state index is 0.0136. The molecule has 1 aromatic carbocycles. The van der Waals surface area contributed by atoms with E-state index < -0.39 is 0 Å². The predicted molar refractivity (Wildman–Crippen MR) is 92.7 cm³/mol. The van der Waals surface area contributed by atoms with Crippen LogP contribution in [0.3, 0.4) is 0 Å². The van der Waals surface area contributed by atoms with Crippen LogP contribution < -0.4 is 4.90 Å². The second-order valence-electron chi connectivity index (χ2n) is 6.53. The molecule has 1 aromatic heterocycles. The van der Waals surface area contributed by atoms with E-state index in [-0.39, 0.29) is 11.7 Å². The van der Waals surface area contributed by atoms with Crippen LogP contribution in [0.1, 0.15) is 22.5 Å². The largest absolute Gasteiger partial charge is 0.378 e.